The first-order valence-electron chi connectivity index (χ1n) is 4.79. The van der Waals surface area contributed by atoms with Crippen LogP contribution in [0.4, 0.5) is 0 Å². The molecule has 1 rings (SSSR count). The van der Waals surface area contributed by atoms with E-state index in [1.165, 1.54) is 6.20 Å². The molecule has 0 aromatic rings. The van der Waals surface area contributed by atoms with Gasteiger partial charge in [-0.15, -0.1) is 0 Å². The van der Waals surface area contributed by atoms with Crippen molar-refractivity contribution in [1.82, 2.24) is 0 Å². The number of aliphatic imine (C=N–C) groups is 1. The molecule has 1 aliphatic rings. The lowest BCUT2D eigenvalue weighted by Gasteiger charge is -2.09. The number of nitrogens with one attached hydrogen (secondary N) is 1. The van der Waals surface area contributed by atoms with Gasteiger partial charge in [-0.1, -0.05) is 20.4 Å². The Labute approximate surface area is 86.3 Å². The molecule has 0 bridgehead atoms. The third kappa shape index (κ3) is 3.13. The highest BCUT2D eigenvalue weighted by atomic mass is 14.7. The Balaban J connectivity index is 0.000000791. The summed E-state index contributed by atoms with van der Waals surface area (Å²) in [7, 11) is 0. The van der Waals surface area contributed by atoms with Crippen LogP contribution in [0.5, 0.6) is 0 Å². The molecule has 0 aromatic carbocycles. The highest BCUT2D eigenvalue weighted by Crippen LogP contribution is 2.13. The fraction of sp³-hybridized carbons (Fsp3) is 0.333. The van der Waals surface area contributed by atoms with E-state index in [0.29, 0.717) is 11.4 Å². The van der Waals surface area contributed by atoms with Crippen molar-refractivity contribution in [2.75, 3.05) is 0 Å². The Morgan fingerprint density at radius 3 is 2.21 bits per heavy atom. The summed E-state index contributed by atoms with van der Waals surface area (Å²) in [6.07, 6.45) is 5.18. The van der Waals surface area contributed by atoms with Crippen LogP contribution in [-0.4, -0.2) is 11.4 Å². The molecule has 0 aliphatic heterocycles. The molecule has 1 N–H and O–H groups in total. The number of rotatable bonds is 1. The Kier molecular flexibility index (Phi) is 5.46. The molecule has 0 spiro atoms. The Morgan fingerprint density at radius 2 is 1.71 bits per heavy atom. The van der Waals surface area contributed by atoms with Gasteiger partial charge in [0, 0.05) is 6.20 Å². The van der Waals surface area contributed by atoms with E-state index < -0.39 is 0 Å². The topological polar surface area (TPSA) is 36.2 Å². The van der Waals surface area contributed by atoms with Crippen LogP contribution in [-0.2, 0) is 0 Å². The molecule has 0 aromatic heterocycles. The molecule has 0 fully saturated rings. The molecule has 2 heteroatoms. The Bertz CT molecular complexity index is 317. The standard InChI is InChI=1S/C10H12N2.C2H6/c1-4-12-10-6-8(3)7(2)5-9(10)11;1-2/h4-6,11H,1H2,2-3H3;1-2H3. The van der Waals surface area contributed by atoms with Gasteiger partial charge in [0.1, 0.15) is 0 Å². The normalized spacial score (nSPS) is 18.0. The van der Waals surface area contributed by atoms with Gasteiger partial charge < -0.3 is 0 Å². The lowest BCUT2D eigenvalue weighted by molar-refractivity contribution is 1.34. The molecule has 0 saturated carbocycles. The molecule has 1 aliphatic carbocycles. The van der Waals surface area contributed by atoms with Gasteiger partial charge >= 0.3 is 0 Å². The molecule has 0 atom stereocenters. The summed E-state index contributed by atoms with van der Waals surface area (Å²) in [6, 6.07) is 0. The number of allylic oxidation sites excluding steroid dienone is 4. The monoisotopic (exact) mass is 190 g/mol. The highest BCUT2D eigenvalue weighted by molar-refractivity contribution is 6.50. The van der Waals surface area contributed by atoms with Crippen molar-refractivity contribution >= 4 is 11.4 Å². The fourth-order valence-electron chi connectivity index (χ4n) is 1.01. The molecule has 0 saturated heterocycles. The molecular weight excluding hydrogens is 172 g/mol. The summed E-state index contributed by atoms with van der Waals surface area (Å²) in [5.74, 6) is 0. The van der Waals surface area contributed by atoms with Crippen molar-refractivity contribution in [3.63, 3.8) is 0 Å². The summed E-state index contributed by atoms with van der Waals surface area (Å²) >= 11 is 0. The van der Waals surface area contributed by atoms with Gasteiger partial charge in [0.15, 0.2) is 0 Å². The van der Waals surface area contributed by atoms with Crippen molar-refractivity contribution in [3.8, 4) is 0 Å². The Hall–Kier alpha value is -1.44. The van der Waals surface area contributed by atoms with Crippen LogP contribution in [0.2, 0.25) is 0 Å². The van der Waals surface area contributed by atoms with Crippen molar-refractivity contribution < 1.29 is 0 Å². The molecule has 2 nitrogen and oxygen atoms in total. The zero-order valence-electron chi connectivity index (χ0n) is 9.39. The van der Waals surface area contributed by atoms with Crippen LogP contribution in [0.25, 0.3) is 0 Å². The van der Waals surface area contributed by atoms with Crippen molar-refractivity contribution in [3.05, 3.63) is 36.1 Å². The third-order valence-electron chi connectivity index (χ3n) is 1.84. The molecule has 0 radical (unpaired) electrons. The van der Waals surface area contributed by atoms with Gasteiger partial charge in [-0.25, -0.2) is 0 Å². The van der Waals surface area contributed by atoms with Crippen LogP contribution in [0.3, 0.4) is 0 Å². The molecular formula is C12H18N2. The molecule has 0 heterocycles. The molecule has 76 valence electrons. The van der Waals surface area contributed by atoms with Crippen LogP contribution in [0.1, 0.15) is 27.7 Å². The smallest absolute Gasteiger partial charge is 0.0881 e. The van der Waals surface area contributed by atoms with E-state index in [4.69, 9.17) is 5.41 Å². The van der Waals surface area contributed by atoms with Crippen LogP contribution in [0, 0.1) is 5.41 Å². The van der Waals surface area contributed by atoms with Crippen LogP contribution >= 0.6 is 0 Å². The minimum absolute atomic E-state index is 0.456. The van der Waals surface area contributed by atoms with Gasteiger partial charge in [0.25, 0.3) is 0 Å². The van der Waals surface area contributed by atoms with Gasteiger partial charge in [-0.2, -0.15) is 0 Å². The summed E-state index contributed by atoms with van der Waals surface area (Å²) in [6.45, 7) is 11.5. The minimum atomic E-state index is 0.456. The van der Waals surface area contributed by atoms with Crippen LogP contribution in [0.15, 0.2) is 41.1 Å². The van der Waals surface area contributed by atoms with Gasteiger partial charge in [-0.05, 0) is 37.1 Å². The molecule has 0 unspecified atom stereocenters. The number of hydrogen-bond donors (Lipinski definition) is 1. The van der Waals surface area contributed by atoms with E-state index in [9.17, 15) is 0 Å². The lowest BCUT2D eigenvalue weighted by atomic mass is 9.98. The average molecular weight is 190 g/mol. The third-order valence-corrected chi connectivity index (χ3v) is 1.84. The quantitative estimate of drug-likeness (QED) is 0.614. The van der Waals surface area contributed by atoms with Crippen molar-refractivity contribution in [2.24, 2.45) is 4.99 Å². The molecule has 14 heavy (non-hydrogen) atoms. The fourth-order valence-corrected chi connectivity index (χ4v) is 1.01. The maximum atomic E-state index is 7.57. The number of hydrogen-bond acceptors (Lipinski definition) is 2. The highest BCUT2D eigenvalue weighted by Gasteiger charge is 2.08. The van der Waals surface area contributed by atoms with E-state index in [1.807, 2.05) is 39.8 Å². The van der Waals surface area contributed by atoms with E-state index in [-0.39, 0.29) is 0 Å². The first-order valence-corrected chi connectivity index (χ1v) is 4.79. The summed E-state index contributed by atoms with van der Waals surface area (Å²) in [5, 5.41) is 7.57. The van der Waals surface area contributed by atoms with Crippen LogP contribution < -0.4 is 0 Å². The average Bonchev–Trinajstić information content (AvgIpc) is 2.18. The van der Waals surface area contributed by atoms with Gasteiger partial charge in [0.05, 0.1) is 11.4 Å². The van der Waals surface area contributed by atoms with Gasteiger partial charge in [0.2, 0.25) is 0 Å². The summed E-state index contributed by atoms with van der Waals surface area (Å²) in [4.78, 5) is 3.98. The first kappa shape index (κ1) is 12.6. The maximum Gasteiger partial charge on any atom is 0.0881 e. The maximum absolute atomic E-state index is 7.57. The second kappa shape index (κ2) is 6.08. The Morgan fingerprint density at radius 1 is 1.21 bits per heavy atom. The second-order valence-corrected chi connectivity index (χ2v) is 2.77. The lowest BCUT2D eigenvalue weighted by Crippen LogP contribution is -2.12. The van der Waals surface area contributed by atoms with Crippen molar-refractivity contribution in [1.29, 1.82) is 5.41 Å². The second-order valence-electron chi connectivity index (χ2n) is 2.77. The zero-order valence-corrected chi connectivity index (χ0v) is 9.39. The van der Waals surface area contributed by atoms with E-state index in [0.717, 1.165) is 11.1 Å². The van der Waals surface area contributed by atoms with E-state index in [1.54, 1.807) is 0 Å². The summed E-state index contributed by atoms with van der Waals surface area (Å²) in [5.41, 5.74) is 3.43. The number of nitrogens with zero attached hydrogens (tertiary/aromatic N) is 1. The van der Waals surface area contributed by atoms with E-state index in [2.05, 4.69) is 11.6 Å². The molecule has 0 amide bonds. The first-order chi connectivity index (χ1) is 6.65. The summed E-state index contributed by atoms with van der Waals surface area (Å²) < 4.78 is 0. The minimum Gasteiger partial charge on any atom is -0.299 e. The predicted octanol–water partition coefficient (Wildman–Crippen LogP) is 3.52. The predicted molar refractivity (Wildman–Crippen MR) is 64.2 cm³/mol. The SMILES string of the molecule is C=CN=C1C=C(C)C(C)=CC1=N.CC. The zero-order chi connectivity index (χ0) is 11.1. The van der Waals surface area contributed by atoms with E-state index >= 15 is 0 Å². The van der Waals surface area contributed by atoms with Crippen molar-refractivity contribution in [2.45, 2.75) is 27.7 Å². The van der Waals surface area contributed by atoms with Gasteiger partial charge in [-0.3, -0.25) is 10.4 Å². The largest absolute Gasteiger partial charge is 0.299 e.